The van der Waals surface area contributed by atoms with Crippen LogP contribution in [0.4, 0.5) is 0 Å². The highest BCUT2D eigenvalue weighted by Crippen LogP contribution is 2.16. The molecule has 0 radical (unpaired) electrons. The molecule has 11 heavy (non-hydrogen) atoms. The van der Waals surface area contributed by atoms with E-state index in [4.69, 9.17) is 11.6 Å². The highest BCUT2D eigenvalue weighted by molar-refractivity contribution is 6.28. The minimum atomic E-state index is 0.596. The van der Waals surface area contributed by atoms with E-state index in [0.29, 0.717) is 5.28 Å². The summed E-state index contributed by atoms with van der Waals surface area (Å²) >= 11 is 5.84. The average molecular weight is 172 g/mol. The van der Waals surface area contributed by atoms with Crippen LogP contribution in [0.5, 0.6) is 0 Å². The van der Waals surface area contributed by atoms with Gasteiger partial charge in [-0.1, -0.05) is 0 Å². The van der Waals surface area contributed by atoms with Gasteiger partial charge in [-0.3, -0.25) is 0 Å². The number of rotatable bonds is 0. The molecule has 0 aliphatic carbocycles. The lowest BCUT2D eigenvalue weighted by Crippen LogP contribution is -2.24. The van der Waals surface area contributed by atoms with E-state index in [2.05, 4.69) is 10.3 Å². The Morgan fingerprint density at radius 3 is 3.18 bits per heavy atom. The van der Waals surface area contributed by atoms with Crippen LogP contribution < -0.4 is 5.32 Å². The van der Waals surface area contributed by atoms with Crippen molar-refractivity contribution in [3.8, 4) is 0 Å². The molecule has 0 aromatic carbocycles. The molecule has 0 unspecified atom stereocenters. The van der Waals surface area contributed by atoms with Crippen molar-refractivity contribution in [1.29, 1.82) is 0 Å². The molecule has 3 nitrogen and oxygen atoms in total. The molecule has 4 heteroatoms. The lowest BCUT2D eigenvalue weighted by Gasteiger charge is -2.12. The van der Waals surface area contributed by atoms with Crippen LogP contribution in [0.25, 0.3) is 0 Å². The van der Waals surface area contributed by atoms with E-state index in [1.165, 1.54) is 5.69 Å². The maximum absolute atomic E-state index is 5.84. The first kappa shape index (κ1) is 7.13. The molecule has 0 saturated carbocycles. The van der Waals surface area contributed by atoms with Crippen LogP contribution in [-0.2, 0) is 20.0 Å². The number of hydrogen-bond donors (Lipinski definition) is 1. The van der Waals surface area contributed by atoms with Crippen molar-refractivity contribution in [3.05, 3.63) is 16.7 Å². The molecule has 0 spiro atoms. The summed E-state index contributed by atoms with van der Waals surface area (Å²) in [6, 6.07) is 0. The Bertz CT molecular complexity index is 279. The minimum absolute atomic E-state index is 0.596. The van der Waals surface area contributed by atoms with Gasteiger partial charge in [-0.2, -0.15) is 0 Å². The third kappa shape index (κ3) is 1.04. The van der Waals surface area contributed by atoms with Crippen molar-refractivity contribution in [2.75, 3.05) is 6.54 Å². The fraction of sp³-hybridized carbons (Fsp3) is 0.571. The van der Waals surface area contributed by atoms with Gasteiger partial charge in [-0.25, -0.2) is 4.98 Å². The van der Waals surface area contributed by atoms with Gasteiger partial charge in [0, 0.05) is 26.6 Å². The van der Waals surface area contributed by atoms with Crippen molar-refractivity contribution in [2.24, 2.45) is 7.05 Å². The molecule has 0 amide bonds. The van der Waals surface area contributed by atoms with Gasteiger partial charge in [0.2, 0.25) is 5.28 Å². The number of imidazole rings is 1. The normalized spacial score (nSPS) is 16.5. The molecule has 2 rings (SSSR count). The number of halogens is 1. The summed E-state index contributed by atoms with van der Waals surface area (Å²) in [5, 5.41) is 3.87. The second-order valence-corrected chi connectivity index (χ2v) is 3.10. The minimum Gasteiger partial charge on any atom is -0.320 e. The third-order valence-corrected chi connectivity index (χ3v) is 2.41. The zero-order valence-electron chi connectivity index (χ0n) is 6.39. The lowest BCUT2D eigenvalue weighted by atomic mass is 10.2. The predicted molar refractivity (Wildman–Crippen MR) is 43.6 cm³/mol. The highest BCUT2D eigenvalue weighted by atomic mass is 35.5. The van der Waals surface area contributed by atoms with Crippen LogP contribution in [-0.4, -0.2) is 16.1 Å². The number of nitrogens with zero attached hydrogens (tertiary/aromatic N) is 2. The van der Waals surface area contributed by atoms with E-state index < -0.39 is 0 Å². The largest absolute Gasteiger partial charge is 0.320 e. The standard InChI is InChI=1S/C7H10ClN3/c1-11-6-4-9-3-2-5(6)10-7(11)8/h9H,2-4H2,1H3. The average Bonchev–Trinajstić information content (AvgIpc) is 2.30. The molecule has 60 valence electrons. The monoisotopic (exact) mass is 171 g/mol. The molecule has 1 aliphatic heterocycles. The zero-order chi connectivity index (χ0) is 7.84. The van der Waals surface area contributed by atoms with Gasteiger partial charge in [0.15, 0.2) is 0 Å². The SMILES string of the molecule is Cn1c(Cl)nc2c1CNCC2. The van der Waals surface area contributed by atoms with Crippen LogP contribution in [0.3, 0.4) is 0 Å². The fourth-order valence-electron chi connectivity index (χ4n) is 1.39. The fourth-order valence-corrected chi connectivity index (χ4v) is 1.59. The van der Waals surface area contributed by atoms with E-state index in [1.807, 2.05) is 11.6 Å². The molecule has 1 aromatic heterocycles. The summed E-state index contributed by atoms with van der Waals surface area (Å²) in [5.74, 6) is 0. The van der Waals surface area contributed by atoms with Gasteiger partial charge >= 0.3 is 0 Å². The molecule has 0 bridgehead atoms. The second kappa shape index (κ2) is 2.50. The van der Waals surface area contributed by atoms with Crippen LogP contribution in [0, 0.1) is 0 Å². The van der Waals surface area contributed by atoms with E-state index in [9.17, 15) is 0 Å². The van der Waals surface area contributed by atoms with Crippen LogP contribution >= 0.6 is 11.6 Å². The van der Waals surface area contributed by atoms with Crippen LogP contribution in [0.15, 0.2) is 0 Å². The van der Waals surface area contributed by atoms with Gasteiger partial charge in [-0.15, -0.1) is 0 Å². The Morgan fingerprint density at radius 2 is 2.45 bits per heavy atom. The molecule has 0 atom stereocenters. The van der Waals surface area contributed by atoms with Gasteiger partial charge in [0.1, 0.15) is 0 Å². The third-order valence-electron chi connectivity index (χ3n) is 2.07. The molecular formula is C7H10ClN3. The number of nitrogens with one attached hydrogen (secondary N) is 1. The summed E-state index contributed by atoms with van der Waals surface area (Å²) in [5.41, 5.74) is 2.37. The number of hydrogen-bond acceptors (Lipinski definition) is 2. The molecule has 1 aliphatic rings. The van der Waals surface area contributed by atoms with Crippen molar-refractivity contribution in [2.45, 2.75) is 13.0 Å². The van der Waals surface area contributed by atoms with E-state index in [0.717, 1.165) is 25.2 Å². The molecule has 0 saturated heterocycles. The Hall–Kier alpha value is -0.540. The van der Waals surface area contributed by atoms with Crippen LogP contribution in [0.2, 0.25) is 5.28 Å². The van der Waals surface area contributed by atoms with Gasteiger partial charge in [0.25, 0.3) is 0 Å². The first-order valence-corrected chi connectivity index (χ1v) is 4.07. The topological polar surface area (TPSA) is 29.9 Å². The lowest BCUT2D eigenvalue weighted by molar-refractivity contribution is 0.606. The summed E-state index contributed by atoms with van der Waals surface area (Å²) in [6.45, 7) is 1.91. The predicted octanol–water partition coefficient (Wildman–Crippen LogP) is 0.719. The van der Waals surface area contributed by atoms with Gasteiger partial charge in [-0.05, 0) is 11.6 Å². The molecule has 0 fully saturated rings. The van der Waals surface area contributed by atoms with Crippen molar-refractivity contribution < 1.29 is 0 Å². The molecule has 1 N–H and O–H groups in total. The first-order chi connectivity index (χ1) is 5.29. The van der Waals surface area contributed by atoms with Gasteiger partial charge in [0.05, 0.1) is 11.4 Å². The Balaban J connectivity index is 2.50. The van der Waals surface area contributed by atoms with Gasteiger partial charge < -0.3 is 9.88 Å². The van der Waals surface area contributed by atoms with E-state index >= 15 is 0 Å². The smallest absolute Gasteiger partial charge is 0.202 e. The summed E-state index contributed by atoms with van der Waals surface area (Å²) in [6.07, 6.45) is 0.996. The molecule has 1 aromatic rings. The quantitative estimate of drug-likeness (QED) is 0.624. The van der Waals surface area contributed by atoms with Crippen LogP contribution in [0.1, 0.15) is 11.4 Å². The van der Waals surface area contributed by atoms with E-state index in [-0.39, 0.29) is 0 Å². The Kier molecular flexibility index (Phi) is 1.62. The first-order valence-electron chi connectivity index (χ1n) is 3.69. The second-order valence-electron chi connectivity index (χ2n) is 2.76. The number of fused-ring (bicyclic) bond motifs is 1. The molecular weight excluding hydrogens is 162 g/mol. The Morgan fingerprint density at radius 1 is 1.64 bits per heavy atom. The Labute approximate surface area is 70.4 Å². The maximum atomic E-state index is 5.84. The summed E-state index contributed by atoms with van der Waals surface area (Å²) in [4.78, 5) is 4.24. The maximum Gasteiger partial charge on any atom is 0.202 e. The van der Waals surface area contributed by atoms with Crippen molar-refractivity contribution in [1.82, 2.24) is 14.9 Å². The van der Waals surface area contributed by atoms with Crippen molar-refractivity contribution in [3.63, 3.8) is 0 Å². The number of aromatic nitrogens is 2. The summed E-state index contributed by atoms with van der Waals surface area (Å²) < 4.78 is 1.93. The molecule has 2 heterocycles. The summed E-state index contributed by atoms with van der Waals surface area (Å²) in [7, 11) is 1.95. The van der Waals surface area contributed by atoms with E-state index in [1.54, 1.807) is 0 Å². The van der Waals surface area contributed by atoms with Crippen molar-refractivity contribution >= 4 is 11.6 Å². The zero-order valence-corrected chi connectivity index (χ0v) is 7.15. The highest BCUT2D eigenvalue weighted by Gasteiger charge is 2.15.